The normalized spacial score (nSPS) is 9.29. The summed E-state index contributed by atoms with van der Waals surface area (Å²) >= 11 is 0. The van der Waals surface area contributed by atoms with E-state index >= 15 is 0 Å². The number of nitrogens with one attached hydrogen (secondary N) is 1. The van der Waals surface area contributed by atoms with Crippen molar-refractivity contribution in [2.75, 3.05) is 20.2 Å². The van der Waals surface area contributed by atoms with Gasteiger partial charge in [-0.25, -0.2) is 0 Å². The molecule has 4 heteroatoms. The zero-order valence-electron chi connectivity index (χ0n) is 9.17. The van der Waals surface area contributed by atoms with E-state index < -0.39 is 0 Å². The molecule has 1 N–H and O–H groups in total. The minimum Gasteiger partial charge on any atom is -0.469 e. The number of ether oxygens (including phenoxy) is 1. The Balaban J connectivity index is 0. The molecule has 0 aromatic heterocycles. The standard InChI is InChI=1S/C10H21NO2.ClH/c1-3-4-5-6-8-11-9-7-10(12)13-2;/h11H,3-9H2,1-2H3;1H. The van der Waals surface area contributed by atoms with Gasteiger partial charge in [-0.3, -0.25) is 4.79 Å². The number of unbranched alkanes of at least 4 members (excludes halogenated alkanes) is 3. The van der Waals surface area contributed by atoms with E-state index in [-0.39, 0.29) is 18.4 Å². The van der Waals surface area contributed by atoms with Crippen LogP contribution in [0, 0.1) is 0 Å². The first-order valence-corrected chi connectivity index (χ1v) is 5.08. The molecule has 0 saturated heterocycles. The number of rotatable bonds is 8. The molecule has 0 atom stereocenters. The molecule has 0 saturated carbocycles. The Morgan fingerprint density at radius 3 is 2.50 bits per heavy atom. The van der Waals surface area contributed by atoms with Crippen molar-refractivity contribution in [2.45, 2.75) is 39.0 Å². The molecule has 0 radical (unpaired) electrons. The molecular formula is C10H22ClNO2. The number of methoxy groups -OCH3 is 1. The number of esters is 1. The molecule has 0 aliphatic heterocycles. The summed E-state index contributed by atoms with van der Waals surface area (Å²) in [6.07, 6.45) is 5.53. The highest BCUT2D eigenvalue weighted by molar-refractivity contribution is 5.85. The van der Waals surface area contributed by atoms with Crippen LogP contribution in [0.15, 0.2) is 0 Å². The van der Waals surface area contributed by atoms with Crippen LogP contribution in [0.2, 0.25) is 0 Å². The summed E-state index contributed by atoms with van der Waals surface area (Å²) in [7, 11) is 1.42. The van der Waals surface area contributed by atoms with Crippen molar-refractivity contribution < 1.29 is 9.53 Å². The van der Waals surface area contributed by atoms with Gasteiger partial charge >= 0.3 is 5.97 Å². The summed E-state index contributed by atoms with van der Waals surface area (Å²) in [6.45, 7) is 3.94. The van der Waals surface area contributed by atoms with Gasteiger partial charge in [0, 0.05) is 6.54 Å². The van der Waals surface area contributed by atoms with Crippen LogP contribution in [0.25, 0.3) is 0 Å². The van der Waals surface area contributed by atoms with Gasteiger partial charge in [-0.2, -0.15) is 0 Å². The predicted molar refractivity (Wildman–Crippen MR) is 60.9 cm³/mol. The maximum atomic E-state index is 10.7. The molecule has 0 aliphatic rings. The van der Waals surface area contributed by atoms with E-state index in [2.05, 4.69) is 17.0 Å². The molecular weight excluding hydrogens is 202 g/mol. The van der Waals surface area contributed by atoms with Gasteiger partial charge in [0.1, 0.15) is 0 Å². The Morgan fingerprint density at radius 1 is 1.21 bits per heavy atom. The average molecular weight is 224 g/mol. The van der Waals surface area contributed by atoms with Crippen LogP contribution in [-0.4, -0.2) is 26.2 Å². The smallest absolute Gasteiger partial charge is 0.306 e. The molecule has 0 heterocycles. The van der Waals surface area contributed by atoms with Gasteiger partial charge in [0.25, 0.3) is 0 Å². The summed E-state index contributed by atoms with van der Waals surface area (Å²) in [5.41, 5.74) is 0. The van der Waals surface area contributed by atoms with Gasteiger partial charge in [-0.1, -0.05) is 26.2 Å². The Kier molecular flexibility index (Phi) is 14.7. The van der Waals surface area contributed by atoms with E-state index in [0.717, 1.165) is 13.1 Å². The van der Waals surface area contributed by atoms with Gasteiger partial charge < -0.3 is 10.1 Å². The predicted octanol–water partition coefficient (Wildman–Crippen LogP) is 2.14. The van der Waals surface area contributed by atoms with Crippen LogP contribution in [0.4, 0.5) is 0 Å². The van der Waals surface area contributed by atoms with Crippen molar-refractivity contribution in [3.05, 3.63) is 0 Å². The summed E-state index contributed by atoms with van der Waals surface area (Å²) in [5.74, 6) is -0.138. The lowest BCUT2D eigenvalue weighted by Crippen LogP contribution is -2.19. The fourth-order valence-corrected chi connectivity index (χ4v) is 1.09. The number of halogens is 1. The first-order valence-electron chi connectivity index (χ1n) is 5.08. The van der Waals surface area contributed by atoms with Crippen LogP contribution < -0.4 is 5.32 Å². The van der Waals surface area contributed by atoms with Gasteiger partial charge in [0.2, 0.25) is 0 Å². The van der Waals surface area contributed by atoms with Gasteiger partial charge in [0.15, 0.2) is 0 Å². The van der Waals surface area contributed by atoms with Crippen molar-refractivity contribution in [2.24, 2.45) is 0 Å². The molecule has 3 nitrogen and oxygen atoms in total. The second-order valence-electron chi connectivity index (χ2n) is 3.14. The number of carbonyl (C=O) groups is 1. The molecule has 0 amide bonds. The lowest BCUT2D eigenvalue weighted by Gasteiger charge is -2.02. The number of hydrogen-bond donors (Lipinski definition) is 1. The zero-order chi connectivity index (χ0) is 9.94. The molecule has 0 fully saturated rings. The minimum absolute atomic E-state index is 0. The third-order valence-electron chi connectivity index (χ3n) is 1.94. The number of carbonyl (C=O) groups excluding carboxylic acids is 1. The quantitative estimate of drug-likeness (QED) is 0.506. The molecule has 0 aliphatic carbocycles. The third kappa shape index (κ3) is 11.7. The van der Waals surface area contributed by atoms with Crippen molar-refractivity contribution in [3.63, 3.8) is 0 Å². The van der Waals surface area contributed by atoms with Crippen molar-refractivity contribution >= 4 is 18.4 Å². The Morgan fingerprint density at radius 2 is 1.93 bits per heavy atom. The molecule has 0 unspecified atom stereocenters. The average Bonchev–Trinajstić information content (AvgIpc) is 2.16. The highest BCUT2D eigenvalue weighted by atomic mass is 35.5. The van der Waals surface area contributed by atoms with Crippen LogP contribution in [-0.2, 0) is 9.53 Å². The van der Waals surface area contributed by atoms with Crippen molar-refractivity contribution in [1.82, 2.24) is 5.32 Å². The van der Waals surface area contributed by atoms with Crippen LogP contribution >= 0.6 is 12.4 Å². The third-order valence-corrected chi connectivity index (χ3v) is 1.94. The first-order chi connectivity index (χ1) is 6.31. The topological polar surface area (TPSA) is 38.3 Å². The molecule has 14 heavy (non-hydrogen) atoms. The second-order valence-corrected chi connectivity index (χ2v) is 3.14. The first kappa shape index (κ1) is 16.2. The summed E-state index contributed by atoms with van der Waals surface area (Å²) in [5, 5.41) is 3.21. The maximum Gasteiger partial charge on any atom is 0.306 e. The van der Waals surface area contributed by atoms with Crippen LogP contribution in [0.3, 0.4) is 0 Å². The lowest BCUT2D eigenvalue weighted by atomic mass is 10.2. The Bertz CT molecular complexity index is 131. The fourth-order valence-electron chi connectivity index (χ4n) is 1.09. The SMILES string of the molecule is CCCCCCNCCC(=O)OC.Cl. The fraction of sp³-hybridized carbons (Fsp3) is 0.900. The monoisotopic (exact) mass is 223 g/mol. The highest BCUT2D eigenvalue weighted by Gasteiger charge is 1.97. The van der Waals surface area contributed by atoms with E-state index in [1.165, 1.54) is 32.8 Å². The zero-order valence-corrected chi connectivity index (χ0v) is 9.99. The van der Waals surface area contributed by atoms with Crippen molar-refractivity contribution in [1.29, 1.82) is 0 Å². The van der Waals surface area contributed by atoms with Crippen LogP contribution in [0.1, 0.15) is 39.0 Å². The van der Waals surface area contributed by atoms with Crippen LogP contribution in [0.5, 0.6) is 0 Å². The molecule has 0 rings (SSSR count). The maximum absolute atomic E-state index is 10.7. The summed E-state index contributed by atoms with van der Waals surface area (Å²) in [4.78, 5) is 10.7. The van der Waals surface area contributed by atoms with Crippen molar-refractivity contribution in [3.8, 4) is 0 Å². The summed E-state index contributed by atoms with van der Waals surface area (Å²) < 4.78 is 4.52. The molecule has 0 aromatic carbocycles. The summed E-state index contributed by atoms with van der Waals surface area (Å²) in [6, 6.07) is 0. The van der Waals surface area contributed by atoms with E-state index in [1.54, 1.807) is 0 Å². The van der Waals surface area contributed by atoms with Gasteiger partial charge in [0.05, 0.1) is 13.5 Å². The highest BCUT2D eigenvalue weighted by Crippen LogP contribution is 1.96. The van der Waals surface area contributed by atoms with E-state index in [0.29, 0.717) is 6.42 Å². The van der Waals surface area contributed by atoms with Gasteiger partial charge in [-0.05, 0) is 13.0 Å². The minimum atomic E-state index is -0.138. The molecule has 0 aromatic rings. The molecule has 0 bridgehead atoms. The molecule has 86 valence electrons. The van der Waals surface area contributed by atoms with E-state index in [9.17, 15) is 4.79 Å². The second kappa shape index (κ2) is 12.7. The Hall–Kier alpha value is -0.280. The van der Waals surface area contributed by atoms with E-state index in [4.69, 9.17) is 0 Å². The van der Waals surface area contributed by atoms with Gasteiger partial charge in [-0.15, -0.1) is 12.4 Å². The Labute approximate surface area is 93.0 Å². The molecule has 0 spiro atoms. The number of hydrogen-bond acceptors (Lipinski definition) is 3. The van der Waals surface area contributed by atoms with E-state index in [1.807, 2.05) is 0 Å². The lowest BCUT2D eigenvalue weighted by molar-refractivity contribution is -0.140. The largest absolute Gasteiger partial charge is 0.469 e.